The molecule has 0 amide bonds. The molecule has 1 aromatic rings. The highest BCUT2D eigenvalue weighted by molar-refractivity contribution is 7.91. The number of nitrogens with zero attached hydrogens (tertiary/aromatic N) is 2. The fourth-order valence-electron chi connectivity index (χ4n) is 3.18. The van der Waals surface area contributed by atoms with Crippen molar-refractivity contribution in [3.8, 4) is 0 Å². The molecule has 9 heteroatoms. The second-order valence-electron chi connectivity index (χ2n) is 6.18. The molecule has 2 aliphatic rings. The minimum absolute atomic E-state index is 0.0535. The first kappa shape index (κ1) is 16.5. The van der Waals surface area contributed by atoms with Crippen LogP contribution in [-0.2, 0) is 28.9 Å². The van der Waals surface area contributed by atoms with Gasteiger partial charge in [0.25, 0.3) is 0 Å². The Morgan fingerprint density at radius 1 is 1.17 bits per heavy atom. The van der Waals surface area contributed by atoms with Crippen molar-refractivity contribution in [1.29, 1.82) is 0 Å². The molecule has 1 atom stereocenters. The van der Waals surface area contributed by atoms with Gasteiger partial charge in [0, 0.05) is 17.8 Å². The zero-order valence-electron chi connectivity index (χ0n) is 12.5. The molecule has 5 nitrogen and oxygen atoms in total. The summed E-state index contributed by atoms with van der Waals surface area (Å²) in [5, 5.41) is 2.80. The van der Waals surface area contributed by atoms with Crippen LogP contribution in [0.1, 0.15) is 36.2 Å². The summed E-state index contributed by atoms with van der Waals surface area (Å²) in [7, 11) is -3.01. The maximum Gasteiger partial charge on any atom is 0.433 e. The fourth-order valence-corrected chi connectivity index (χ4v) is 5.04. The third kappa shape index (κ3) is 3.76. The van der Waals surface area contributed by atoms with Gasteiger partial charge in [0.15, 0.2) is 15.5 Å². The molecule has 0 unspecified atom stereocenters. The van der Waals surface area contributed by atoms with Crippen molar-refractivity contribution >= 4 is 15.8 Å². The molecule has 0 radical (unpaired) electrons. The first-order valence-electron chi connectivity index (χ1n) is 7.66. The molecule has 1 aliphatic carbocycles. The number of fused-ring (bicyclic) bond motifs is 1. The Kier molecular flexibility index (Phi) is 4.24. The first-order chi connectivity index (χ1) is 10.7. The highest BCUT2D eigenvalue weighted by atomic mass is 32.2. The molecular formula is C14H18F3N3O2S. The van der Waals surface area contributed by atoms with Gasteiger partial charge in [0.2, 0.25) is 5.95 Å². The Balaban J connectivity index is 1.80. The molecule has 2 heterocycles. The van der Waals surface area contributed by atoms with Crippen molar-refractivity contribution in [2.45, 2.75) is 38.3 Å². The topological polar surface area (TPSA) is 72.0 Å². The second kappa shape index (κ2) is 5.92. The second-order valence-corrected chi connectivity index (χ2v) is 8.40. The minimum atomic E-state index is -4.50. The molecule has 0 aromatic carbocycles. The van der Waals surface area contributed by atoms with Crippen molar-refractivity contribution in [2.24, 2.45) is 5.92 Å². The average molecular weight is 349 g/mol. The van der Waals surface area contributed by atoms with Crippen LogP contribution in [0, 0.1) is 5.92 Å². The van der Waals surface area contributed by atoms with E-state index in [1.54, 1.807) is 0 Å². The van der Waals surface area contributed by atoms with Gasteiger partial charge in [-0.2, -0.15) is 13.2 Å². The number of rotatable bonds is 3. The predicted octanol–water partition coefficient (Wildman–Crippen LogP) is 2.22. The monoisotopic (exact) mass is 349 g/mol. The fraction of sp³-hybridized carbons (Fsp3) is 0.714. The third-order valence-electron chi connectivity index (χ3n) is 4.33. The van der Waals surface area contributed by atoms with Gasteiger partial charge in [0.1, 0.15) is 0 Å². The van der Waals surface area contributed by atoms with Crippen LogP contribution in [0.25, 0.3) is 0 Å². The molecular weight excluding hydrogens is 331 g/mol. The molecule has 0 saturated carbocycles. The molecule has 0 spiro atoms. The summed E-state index contributed by atoms with van der Waals surface area (Å²) in [6.07, 6.45) is -1.57. The van der Waals surface area contributed by atoms with Crippen molar-refractivity contribution in [3.63, 3.8) is 0 Å². The normalized spacial score (nSPS) is 23.5. The van der Waals surface area contributed by atoms with E-state index in [0.29, 0.717) is 31.4 Å². The number of aromatic nitrogens is 2. The van der Waals surface area contributed by atoms with Crippen molar-refractivity contribution < 1.29 is 21.6 Å². The summed E-state index contributed by atoms with van der Waals surface area (Å²) >= 11 is 0. The van der Waals surface area contributed by atoms with Gasteiger partial charge < -0.3 is 5.32 Å². The Morgan fingerprint density at radius 3 is 2.57 bits per heavy atom. The van der Waals surface area contributed by atoms with Gasteiger partial charge in [-0.15, -0.1) is 0 Å². The molecule has 23 heavy (non-hydrogen) atoms. The van der Waals surface area contributed by atoms with Crippen molar-refractivity contribution in [2.75, 3.05) is 23.4 Å². The Labute approximate surface area is 132 Å². The van der Waals surface area contributed by atoms with Crippen LogP contribution in [-0.4, -0.2) is 36.4 Å². The third-order valence-corrected chi connectivity index (χ3v) is 6.16. The SMILES string of the molecule is O=S1(=O)CC[C@@H](CNc2nc3c(c(C(F)(F)F)n2)CCCC3)C1. The smallest absolute Gasteiger partial charge is 0.354 e. The molecule has 0 bridgehead atoms. The minimum Gasteiger partial charge on any atom is -0.354 e. The number of alkyl halides is 3. The molecule has 1 saturated heterocycles. The first-order valence-corrected chi connectivity index (χ1v) is 9.48. The Morgan fingerprint density at radius 2 is 1.91 bits per heavy atom. The maximum absolute atomic E-state index is 13.2. The largest absolute Gasteiger partial charge is 0.433 e. The molecule has 1 fully saturated rings. The van der Waals surface area contributed by atoms with E-state index in [4.69, 9.17) is 0 Å². The van der Waals surface area contributed by atoms with E-state index in [1.165, 1.54) is 0 Å². The van der Waals surface area contributed by atoms with E-state index in [-0.39, 0.29) is 35.5 Å². The maximum atomic E-state index is 13.2. The van der Waals surface area contributed by atoms with Crippen LogP contribution in [0.2, 0.25) is 0 Å². The van der Waals surface area contributed by atoms with Gasteiger partial charge in [-0.05, 0) is 38.0 Å². The highest BCUT2D eigenvalue weighted by Gasteiger charge is 2.38. The van der Waals surface area contributed by atoms with Crippen LogP contribution in [0.3, 0.4) is 0 Å². The van der Waals surface area contributed by atoms with E-state index < -0.39 is 21.7 Å². The van der Waals surface area contributed by atoms with Gasteiger partial charge in [-0.1, -0.05) is 0 Å². The van der Waals surface area contributed by atoms with Crippen LogP contribution in [0.5, 0.6) is 0 Å². The van der Waals surface area contributed by atoms with E-state index in [9.17, 15) is 21.6 Å². The lowest BCUT2D eigenvalue weighted by molar-refractivity contribution is -0.142. The van der Waals surface area contributed by atoms with Crippen LogP contribution < -0.4 is 5.32 Å². The van der Waals surface area contributed by atoms with Crippen molar-refractivity contribution in [3.05, 3.63) is 17.0 Å². The number of aryl methyl sites for hydroxylation is 1. The average Bonchev–Trinajstić information content (AvgIpc) is 2.82. The summed E-state index contributed by atoms with van der Waals surface area (Å²) in [4.78, 5) is 7.87. The lowest BCUT2D eigenvalue weighted by Crippen LogP contribution is -2.22. The quantitative estimate of drug-likeness (QED) is 0.906. The zero-order valence-corrected chi connectivity index (χ0v) is 13.3. The van der Waals surface area contributed by atoms with E-state index in [0.717, 1.165) is 6.42 Å². The predicted molar refractivity (Wildman–Crippen MR) is 78.9 cm³/mol. The van der Waals surface area contributed by atoms with Gasteiger partial charge in [0.05, 0.1) is 11.5 Å². The number of hydrogen-bond donors (Lipinski definition) is 1. The van der Waals surface area contributed by atoms with Crippen molar-refractivity contribution in [1.82, 2.24) is 9.97 Å². The number of nitrogens with one attached hydrogen (secondary N) is 1. The van der Waals surface area contributed by atoms with Gasteiger partial charge in [-0.25, -0.2) is 18.4 Å². The van der Waals surface area contributed by atoms with Crippen LogP contribution >= 0.6 is 0 Å². The molecule has 1 aromatic heterocycles. The van der Waals surface area contributed by atoms with E-state index in [1.807, 2.05) is 0 Å². The number of hydrogen-bond acceptors (Lipinski definition) is 5. The number of halogens is 3. The molecule has 1 N–H and O–H groups in total. The van der Waals surface area contributed by atoms with Gasteiger partial charge in [-0.3, -0.25) is 0 Å². The summed E-state index contributed by atoms with van der Waals surface area (Å²) in [6.45, 7) is 0.273. The zero-order chi connectivity index (χ0) is 16.7. The van der Waals surface area contributed by atoms with Crippen LogP contribution in [0.4, 0.5) is 19.1 Å². The Bertz CT molecular complexity index is 704. The molecule has 128 valence electrons. The summed E-state index contributed by atoms with van der Waals surface area (Å²) in [5.74, 6) is 0.0474. The lowest BCUT2D eigenvalue weighted by atomic mass is 9.94. The lowest BCUT2D eigenvalue weighted by Gasteiger charge is -2.21. The summed E-state index contributed by atoms with van der Waals surface area (Å²) in [6, 6.07) is 0. The summed E-state index contributed by atoms with van der Waals surface area (Å²) < 4.78 is 62.4. The van der Waals surface area contributed by atoms with Crippen LogP contribution in [0.15, 0.2) is 0 Å². The molecule has 1 aliphatic heterocycles. The Hall–Kier alpha value is -1.38. The van der Waals surface area contributed by atoms with E-state index >= 15 is 0 Å². The van der Waals surface area contributed by atoms with E-state index in [2.05, 4.69) is 15.3 Å². The number of anilines is 1. The summed E-state index contributed by atoms with van der Waals surface area (Å²) in [5.41, 5.74) is -0.193. The number of sulfone groups is 1. The van der Waals surface area contributed by atoms with Gasteiger partial charge >= 0.3 is 6.18 Å². The molecule has 3 rings (SSSR count). The standard InChI is InChI=1S/C14H18F3N3O2S/c15-14(16,17)12-10-3-1-2-4-11(10)19-13(20-12)18-7-9-5-6-23(21,22)8-9/h9H,1-8H2,(H,18,19,20)/t9-/m0/s1. The highest BCUT2D eigenvalue weighted by Crippen LogP contribution is 2.35.